The fourth-order valence-electron chi connectivity index (χ4n) is 4.27. The van der Waals surface area contributed by atoms with Crippen LogP contribution in [0.15, 0.2) is 24.3 Å². The number of ether oxygens (including phenoxy) is 2. The fourth-order valence-corrected chi connectivity index (χ4v) is 4.27. The van der Waals surface area contributed by atoms with E-state index < -0.39 is 11.7 Å². The van der Waals surface area contributed by atoms with Crippen molar-refractivity contribution in [3.05, 3.63) is 57.6 Å². The summed E-state index contributed by atoms with van der Waals surface area (Å²) >= 11 is 0. The third-order valence-corrected chi connectivity index (χ3v) is 5.66. The first-order valence-corrected chi connectivity index (χ1v) is 10.3. The number of hydrogen-bond donors (Lipinski definition) is 1. The van der Waals surface area contributed by atoms with Gasteiger partial charge in [-0.1, -0.05) is 29.8 Å². The second kappa shape index (κ2) is 8.29. The van der Waals surface area contributed by atoms with Gasteiger partial charge < -0.3 is 14.8 Å². The second-order valence-electron chi connectivity index (χ2n) is 8.92. The molecule has 3 rings (SSSR count). The van der Waals surface area contributed by atoms with Crippen LogP contribution < -0.4 is 5.32 Å². The highest BCUT2D eigenvalue weighted by Gasteiger charge is 2.34. The Morgan fingerprint density at radius 2 is 1.72 bits per heavy atom. The number of carbonyl (C=O) groups is 1. The van der Waals surface area contributed by atoms with Crippen molar-refractivity contribution in [3.8, 4) is 11.1 Å². The Balaban J connectivity index is 0.00000320. The highest BCUT2D eigenvalue weighted by atomic mass is 16.6. The molecule has 0 aromatic heterocycles. The molecule has 2 aromatic rings. The maximum absolute atomic E-state index is 12.9. The van der Waals surface area contributed by atoms with Crippen molar-refractivity contribution in [2.24, 2.45) is 0 Å². The van der Waals surface area contributed by atoms with Crippen LogP contribution in [-0.4, -0.2) is 25.2 Å². The molecule has 29 heavy (non-hydrogen) atoms. The van der Waals surface area contributed by atoms with Crippen molar-refractivity contribution >= 4 is 5.97 Å². The molecular formula is C25H35NO3. The number of benzene rings is 2. The number of fused-ring (bicyclic) bond motifs is 1. The van der Waals surface area contributed by atoms with E-state index in [1.165, 1.54) is 29.4 Å². The van der Waals surface area contributed by atoms with Gasteiger partial charge in [-0.2, -0.15) is 0 Å². The summed E-state index contributed by atoms with van der Waals surface area (Å²) in [5, 5.41) is 3.48. The van der Waals surface area contributed by atoms with E-state index in [2.05, 4.69) is 50.4 Å². The minimum atomic E-state index is -0.776. The number of esters is 1. The van der Waals surface area contributed by atoms with Crippen molar-refractivity contribution in [2.45, 2.75) is 66.2 Å². The lowest BCUT2D eigenvalue weighted by Gasteiger charge is -2.33. The van der Waals surface area contributed by atoms with E-state index in [9.17, 15) is 4.79 Å². The lowest BCUT2D eigenvalue weighted by atomic mass is 9.80. The van der Waals surface area contributed by atoms with Crippen molar-refractivity contribution in [1.29, 1.82) is 0 Å². The Morgan fingerprint density at radius 1 is 1.07 bits per heavy atom. The average molecular weight is 398 g/mol. The van der Waals surface area contributed by atoms with Gasteiger partial charge in [-0.05, 0) is 87.9 Å². The normalized spacial score (nSPS) is 15.0. The van der Waals surface area contributed by atoms with E-state index in [0.29, 0.717) is 0 Å². The fraction of sp³-hybridized carbons (Fsp3) is 0.480. The highest BCUT2D eigenvalue weighted by Crippen LogP contribution is 2.42. The Bertz CT molecular complexity index is 914. The predicted molar refractivity (Wildman–Crippen MR) is 119 cm³/mol. The number of methoxy groups -OCH3 is 1. The first-order valence-electron chi connectivity index (χ1n) is 10.3. The standard InChI is InChI=1S/C25H33NO3.H2/c1-15-8-10-18(11-9-15)21-16(2)19-12-13-26-14-20(19)17(3)22(21)23(24(27)28-7)29-25(4,5)6;/h8-11,23,26H,12-14H2,1-7H3;1H/t23-;/m0./s1. The van der Waals surface area contributed by atoms with Crippen LogP contribution >= 0.6 is 0 Å². The highest BCUT2D eigenvalue weighted by molar-refractivity contribution is 5.85. The van der Waals surface area contributed by atoms with Gasteiger partial charge in [0, 0.05) is 13.5 Å². The molecule has 0 bridgehead atoms. The molecule has 1 N–H and O–H groups in total. The van der Waals surface area contributed by atoms with Gasteiger partial charge in [0.25, 0.3) is 0 Å². The maximum Gasteiger partial charge on any atom is 0.339 e. The SMILES string of the molecule is COC(=O)[C@@H](OC(C)(C)C)c1c(C)c2c(c(C)c1-c1ccc(C)cc1)CCNC2.[HH]. The molecule has 1 aliphatic rings. The predicted octanol–water partition coefficient (Wildman–Crippen LogP) is 5.20. The molecule has 0 aliphatic carbocycles. The molecule has 4 heteroatoms. The zero-order valence-corrected chi connectivity index (χ0v) is 18.7. The molecule has 0 saturated carbocycles. The number of hydrogen-bond acceptors (Lipinski definition) is 4. The van der Waals surface area contributed by atoms with Crippen LogP contribution in [0.4, 0.5) is 0 Å². The minimum Gasteiger partial charge on any atom is -0.467 e. The van der Waals surface area contributed by atoms with Crippen LogP contribution in [0.5, 0.6) is 0 Å². The summed E-state index contributed by atoms with van der Waals surface area (Å²) in [7, 11) is 1.43. The first-order chi connectivity index (χ1) is 13.6. The summed E-state index contributed by atoms with van der Waals surface area (Å²) in [6.45, 7) is 14.1. The molecule has 0 spiro atoms. The van der Waals surface area contributed by atoms with E-state index in [1.807, 2.05) is 20.8 Å². The van der Waals surface area contributed by atoms with Gasteiger partial charge in [-0.3, -0.25) is 0 Å². The van der Waals surface area contributed by atoms with Gasteiger partial charge in [0.1, 0.15) is 0 Å². The van der Waals surface area contributed by atoms with Crippen LogP contribution in [0.25, 0.3) is 11.1 Å². The van der Waals surface area contributed by atoms with E-state index >= 15 is 0 Å². The van der Waals surface area contributed by atoms with Gasteiger partial charge in [-0.25, -0.2) is 4.79 Å². The number of rotatable bonds is 4. The molecular weight excluding hydrogens is 362 g/mol. The maximum atomic E-state index is 12.9. The molecule has 1 heterocycles. The summed E-state index contributed by atoms with van der Waals surface area (Å²) < 4.78 is 11.5. The summed E-state index contributed by atoms with van der Waals surface area (Å²) in [5.41, 5.74) is 8.88. The van der Waals surface area contributed by atoms with E-state index in [-0.39, 0.29) is 7.40 Å². The molecule has 4 nitrogen and oxygen atoms in total. The zero-order chi connectivity index (χ0) is 21.3. The van der Waals surface area contributed by atoms with Crippen LogP contribution in [0.3, 0.4) is 0 Å². The lowest BCUT2D eigenvalue weighted by Crippen LogP contribution is -2.31. The molecule has 1 aliphatic heterocycles. The summed E-state index contributed by atoms with van der Waals surface area (Å²) in [5.74, 6) is -0.362. The molecule has 2 aromatic carbocycles. The largest absolute Gasteiger partial charge is 0.467 e. The third kappa shape index (κ3) is 4.39. The van der Waals surface area contributed by atoms with E-state index in [0.717, 1.165) is 41.8 Å². The number of aryl methyl sites for hydroxylation is 1. The minimum absolute atomic E-state index is 0. The summed E-state index contributed by atoms with van der Waals surface area (Å²) in [4.78, 5) is 12.9. The van der Waals surface area contributed by atoms with Crippen LogP contribution in [0.2, 0.25) is 0 Å². The van der Waals surface area contributed by atoms with Crippen molar-refractivity contribution < 1.29 is 15.7 Å². The van der Waals surface area contributed by atoms with Gasteiger partial charge in [-0.15, -0.1) is 0 Å². The first kappa shape index (κ1) is 21.5. The van der Waals surface area contributed by atoms with Crippen LogP contribution in [0, 0.1) is 20.8 Å². The van der Waals surface area contributed by atoms with Gasteiger partial charge in [0.2, 0.25) is 0 Å². The van der Waals surface area contributed by atoms with E-state index in [4.69, 9.17) is 9.47 Å². The van der Waals surface area contributed by atoms with E-state index in [1.54, 1.807) is 0 Å². The third-order valence-electron chi connectivity index (χ3n) is 5.66. The van der Waals surface area contributed by atoms with Gasteiger partial charge in [0.05, 0.1) is 12.7 Å². The van der Waals surface area contributed by atoms with Crippen molar-refractivity contribution in [2.75, 3.05) is 13.7 Å². The molecule has 0 radical (unpaired) electrons. The van der Waals surface area contributed by atoms with Crippen LogP contribution in [-0.2, 0) is 27.2 Å². The Labute approximate surface area is 176 Å². The smallest absolute Gasteiger partial charge is 0.339 e. The van der Waals surface area contributed by atoms with Crippen molar-refractivity contribution in [1.82, 2.24) is 5.32 Å². The molecule has 0 unspecified atom stereocenters. The topological polar surface area (TPSA) is 47.6 Å². The molecule has 158 valence electrons. The monoisotopic (exact) mass is 397 g/mol. The Hall–Kier alpha value is -2.17. The number of carbonyl (C=O) groups excluding carboxylic acids is 1. The quantitative estimate of drug-likeness (QED) is 0.721. The molecule has 0 amide bonds. The number of nitrogens with one attached hydrogen (secondary N) is 1. The molecule has 1 atom stereocenters. The Morgan fingerprint density at radius 3 is 2.31 bits per heavy atom. The van der Waals surface area contributed by atoms with Crippen molar-refractivity contribution in [3.63, 3.8) is 0 Å². The summed E-state index contributed by atoms with van der Waals surface area (Å²) in [6.07, 6.45) is 0.215. The van der Waals surface area contributed by atoms with Gasteiger partial charge >= 0.3 is 5.97 Å². The average Bonchev–Trinajstić information content (AvgIpc) is 2.68. The Kier molecular flexibility index (Phi) is 6.16. The summed E-state index contributed by atoms with van der Waals surface area (Å²) in [6, 6.07) is 8.51. The lowest BCUT2D eigenvalue weighted by molar-refractivity contribution is -0.164. The second-order valence-corrected chi connectivity index (χ2v) is 8.92. The molecule has 0 fully saturated rings. The zero-order valence-electron chi connectivity index (χ0n) is 18.7. The molecule has 0 saturated heterocycles. The van der Waals surface area contributed by atoms with Crippen LogP contribution in [0.1, 0.15) is 61.7 Å². The van der Waals surface area contributed by atoms with Gasteiger partial charge in [0.15, 0.2) is 6.10 Å².